The van der Waals surface area contributed by atoms with E-state index in [1.807, 2.05) is 42.5 Å². The van der Waals surface area contributed by atoms with Crippen molar-refractivity contribution in [3.8, 4) is 11.5 Å². The van der Waals surface area contributed by atoms with Crippen LogP contribution in [0.15, 0.2) is 52.1 Å². The molecule has 0 atom stereocenters. The Morgan fingerprint density at radius 1 is 0.943 bits per heavy atom. The number of halogens is 1. The van der Waals surface area contributed by atoms with E-state index in [9.17, 15) is 9.59 Å². The van der Waals surface area contributed by atoms with E-state index in [0.717, 1.165) is 47.2 Å². The Kier molecular flexibility index (Phi) is 6.71. The number of aryl methyl sites for hydroxylation is 3. The van der Waals surface area contributed by atoms with Gasteiger partial charge >= 0.3 is 5.69 Å². The molecule has 0 bridgehead atoms. The normalized spacial score (nSPS) is 13.1. The number of thiophene rings is 1. The van der Waals surface area contributed by atoms with Gasteiger partial charge in [0.25, 0.3) is 5.56 Å². The number of rotatable bonds is 7. The number of ether oxygens (including phenoxy) is 2. The SMILES string of the molecule is COc1ccc(CCn2c(=O)c3c4c(sc3n(Cc3cccc(Cl)c3)c2=O)CCCC4)cc1OC. The van der Waals surface area contributed by atoms with Crippen molar-refractivity contribution in [1.29, 1.82) is 0 Å². The molecule has 2 aromatic carbocycles. The van der Waals surface area contributed by atoms with Crippen LogP contribution in [-0.4, -0.2) is 23.4 Å². The van der Waals surface area contributed by atoms with E-state index in [1.54, 1.807) is 30.1 Å². The highest BCUT2D eigenvalue weighted by Crippen LogP contribution is 2.34. The van der Waals surface area contributed by atoms with Crippen LogP contribution in [0.3, 0.4) is 0 Å². The first-order valence-electron chi connectivity index (χ1n) is 11.7. The average molecular weight is 511 g/mol. The molecule has 4 aromatic rings. The molecular weight excluding hydrogens is 484 g/mol. The molecule has 35 heavy (non-hydrogen) atoms. The fraction of sp³-hybridized carbons (Fsp3) is 0.333. The number of aromatic nitrogens is 2. The first-order chi connectivity index (χ1) is 17.0. The molecule has 182 valence electrons. The third kappa shape index (κ3) is 4.50. The zero-order chi connectivity index (χ0) is 24.5. The summed E-state index contributed by atoms with van der Waals surface area (Å²) in [6, 6.07) is 13.2. The van der Waals surface area contributed by atoms with Crippen molar-refractivity contribution in [2.24, 2.45) is 0 Å². The number of nitrogens with zero attached hydrogens (tertiary/aromatic N) is 2. The minimum Gasteiger partial charge on any atom is -0.493 e. The first-order valence-corrected chi connectivity index (χ1v) is 12.9. The van der Waals surface area contributed by atoms with Crippen molar-refractivity contribution in [3.05, 3.63) is 89.9 Å². The minimum atomic E-state index is -0.290. The second-order valence-electron chi connectivity index (χ2n) is 8.79. The summed E-state index contributed by atoms with van der Waals surface area (Å²) >= 11 is 7.81. The summed E-state index contributed by atoms with van der Waals surface area (Å²) in [4.78, 5) is 29.4. The van der Waals surface area contributed by atoms with Crippen LogP contribution in [0.5, 0.6) is 11.5 Å². The zero-order valence-electron chi connectivity index (χ0n) is 19.8. The lowest BCUT2D eigenvalue weighted by Gasteiger charge is -2.14. The maximum absolute atomic E-state index is 13.7. The van der Waals surface area contributed by atoms with Crippen LogP contribution in [0.2, 0.25) is 5.02 Å². The van der Waals surface area contributed by atoms with E-state index in [4.69, 9.17) is 21.1 Å². The quantitative estimate of drug-likeness (QED) is 0.348. The fourth-order valence-electron chi connectivity index (χ4n) is 4.85. The molecule has 2 aromatic heterocycles. The molecule has 0 radical (unpaired) electrons. The zero-order valence-corrected chi connectivity index (χ0v) is 21.4. The van der Waals surface area contributed by atoms with Gasteiger partial charge in [-0.05, 0) is 73.1 Å². The number of fused-ring (bicyclic) bond motifs is 3. The van der Waals surface area contributed by atoms with E-state index >= 15 is 0 Å². The van der Waals surface area contributed by atoms with Gasteiger partial charge in [0, 0.05) is 16.4 Å². The van der Waals surface area contributed by atoms with Crippen LogP contribution in [0.1, 0.15) is 34.4 Å². The number of benzene rings is 2. The van der Waals surface area contributed by atoms with Gasteiger partial charge in [-0.15, -0.1) is 11.3 Å². The predicted octanol–water partition coefficient (Wildman–Crippen LogP) is 5.07. The van der Waals surface area contributed by atoms with Gasteiger partial charge in [0.05, 0.1) is 26.2 Å². The number of methoxy groups -OCH3 is 2. The molecule has 0 fully saturated rings. The summed E-state index contributed by atoms with van der Waals surface area (Å²) in [6.45, 7) is 0.648. The third-order valence-corrected chi connectivity index (χ3v) is 8.17. The van der Waals surface area contributed by atoms with Gasteiger partial charge in [-0.25, -0.2) is 4.79 Å². The Hall–Kier alpha value is -3.03. The van der Waals surface area contributed by atoms with Gasteiger partial charge in [-0.1, -0.05) is 29.8 Å². The molecule has 1 aliphatic rings. The predicted molar refractivity (Wildman–Crippen MR) is 141 cm³/mol. The van der Waals surface area contributed by atoms with E-state index in [-0.39, 0.29) is 17.8 Å². The van der Waals surface area contributed by atoms with Crippen LogP contribution in [0, 0.1) is 0 Å². The summed E-state index contributed by atoms with van der Waals surface area (Å²) in [7, 11) is 3.19. The van der Waals surface area contributed by atoms with Crippen LogP contribution < -0.4 is 20.7 Å². The first kappa shape index (κ1) is 23.7. The number of hydrogen-bond donors (Lipinski definition) is 0. The third-order valence-electron chi connectivity index (χ3n) is 6.62. The van der Waals surface area contributed by atoms with Gasteiger partial charge in [-0.2, -0.15) is 0 Å². The topological polar surface area (TPSA) is 62.5 Å². The van der Waals surface area contributed by atoms with Gasteiger partial charge in [-0.3, -0.25) is 13.9 Å². The Bertz CT molecular complexity index is 1520. The average Bonchev–Trinajstić information content (AvgIpc) is 3.26. The van der Waals surface area contributed by atoms with Crippen molar-refractivity contribution in [2.75, 3.05) is 14.2 Å². The Balaban J connectivity index is 1.60. The van der Waals surface area contributed by atoms with Gasteiger partial charge in [0.2, 0.25) is 0 Å². The Labute approximate surface area is 212 Å². The highest BCUT2D eigenvalue weighted by molar-refractivity contribution is 7.18. The van der Waals surface area contributed by atoms with E-state index < -0.39 is 0 Å². The van der Waals surface area contributed by atoms with Crippen molar-refractivity contribution in [3.63, 3.8) is 0 Å². The van der Waals surface area contributed by atoms with Crippen LogP contribution in [-0.2, 0) is 32.4 Å². The maximum atomic E-state index is 13.7. The minimum absolute atomic E-state index is 0.188. The molecule has 0 aliphatic heterocycles. The molecule has 0 saturated heterocycles. The Morgan fingerprint density at radius 3 is 2.51 bits per heavy atom. The molecule has 5 rings (SSSR count). The Morgan fingerprint density at radius 2 is 1.74 bits per heavy atom. The van der Waals surface area contributed by atoms with Crippen LogP contribution in [0.25, 0.3) is 10.2 Å². The fourth-order valence-corrected chi connectivity index (χ4v) is 6.43. The highest BCUT2D eigenvalue weighted by Gasteiger charge is 2.23. The lowest BCUT2D eigenvalue weighted by molar-refractivity contribution is 0.354. The summed E-state index contributed by atoms with van der Waals surface area (Å²) in [5.41, 5.74) is 2.54. The van der Waals surface area contributed by atoms with Crippen LogP contribution >= 0.6 is 22.9 Å². The second kappa shape index (κ2) is 9.91. The van der Waals surface area contributed by atoms with Crippen molar-refractivity contribution in [1.82, 2.24) is 9.13 Å². The smallest absolute Gasteiger partial charge is 0.332 e. The molecular formula is C27H27ClN2O4S. The van der Waals surface area contributed by atoms with E-state index in [2.05, 4.69) is 0 Å². The second-order valence-corrected chi connectivity index (χ2v) is 10.3. The monoisotopic (exact) mass is 510 g/mol. The molecule has 6 nitrogen and oxygen atoms in total. The summed E-state index contributed by atoms with van der Waals surface area (Å²) in [6.07, 6.45) is 4.55. The summed E-state index contributed by atoms with van der Waals surface area (Å²) in [5, 5.41) is 1.33. The molecule has 8 heteroatoms. The van der Waals surface area contributed by atoms with Gasteiger partial charge < -0.3 is 9.47 Å². The molecule has 2 heterocycles. The molecule has 1 aliphatic carbocycles. The molecule has 0 unspecified atom stereocenters. The van der Waals surface area contributed by atoms with Crippen LogP contribution in [0.4, 0.5) is 0 Å². The van der Waals surface area contributed by atoms with Crippen molar-refractivity contribution in [2.45, 2.75) is 45.2 Å². The van der Waals surface area contributed by atoms with Crippen molar-refractivity contribution >= 4 is 33.2 Å². The number of hydrogen-bond acceptors (Lipinski definition) is 5. The summed E-state index contributed by atoms with van der Waals surface area (Å²) < 4.78 is 13.9. The highest BCUT2D eigenvalue weighted by atomic mass is 35.5. The maximum Gasteiger partial charge on any atom is 0.332 e. The van der Waals surface area contributed by atoms with Crippen molar-refractivity contribution < 1.29 is 9.47 Å². The molecule has 0 saturated carbocycles. The van der Waals surface area contributed by atoms with E-state index in [0.29, 0.717) is 34.9 Å². The standard InChI is InChI=1S/C27H27ClN2O4S/c1-33-21-11-10-17(15-22(21)34-2)12-13-29-25(31)24-20-8-3-4-9-23(20)35-26(24)30(27(29)32)16-18-6-5-7-19(28)14-18/h5-7,10-11,14-15H,3-4,8-9,12-13,16H2,1-2H3. The lowest BCUT2D eigenvalue weighted by Crippen LogP contribution is -2.40. The van der Waals surface area contributed by atoms with E-state index in [1.165, 1.54) is 9.44 Å². The van der Waals surface area contributed by atoms with Gasteiger partial charge in [0.15, 0.2) is 11.5 Å². The molecule has 0 spiro atoms. The lowest BCUT2D eigenvalue weighted by atomic mass is 9.97. The van der Waals surface area contributed by atoms with Gasteiger partial charge in [0.1, 0.15) is 4.83 Å². The largest absolute Gasteiger partial charge is 0.493 e. The molecule has 0 N–H and O–H groups in total. The summed E-state index contributed by atoms with van der Waals surface area (Å²) in [5.74, 6) is 1.27. The molecule has 0 amide bonds.